The number of hydrogen-bond donors (Lipinski definition) is 1. The molecular formula is C11H12N4O4. The van der Waals surface area contributed by atoms with E-state index in [1.165, 1.54) is 37.8 Å². The van der Waals surface area contributed by atoms with E-state index in [9.17, 15) is 19.7 Å². The minimum atomic E-state index is -0.574. The Kier molecular flexibility index (Phi) is 2.85. The van der Waals surface area contributed by atoms with Gasteiger partial charge in [-0.25, -0.2) is 4.79 Å². The molecule has 0 saturated carbocycles. The molecule has 1 N–H and O–H groups in total. The molecule has 0 spiro atoms. The molecule has 100 valence electrons. The molecule has 1 aromatic carbocycles. The largest absolute Gasteiger partial charge is 0.382 e. The smallest absolute Gasteiger partial charge is 0.330 e. The molecule has 1 aromatic heterocycles. The van der Waals surface area contributed by atoms with Gasteiger partial charge in [0, 0.05) is 27.2 Å². The molecule has 8 nitrogen and oxygen atoms in total. The number of rotatable bonds is 2. The van der Waals surface area contributed by atoms with Crippen molar-refractivity contribution in [2.75, 3.05) is 12.4 Å². The molecule has 2 aromatic rings. The highest BCUT2D eigenvalue weighted by molar-refractivity contribution is 5.95. The molecule has 8 heteroatoms. The van der Waals surface area contributed by atoms with Gasteiger partial charge in [0.1, 0.15) is 5.69 Å². The zero-order valence-electron chi connectivity index (χ0n) is 10.6. The number of fused-ring (bicyclic) bond motifs is 1. The summed E-state index contributed by atoms with van der Waals surface area (Å²) in [6, 6.07) is 2.67. The lowest BCUT2D eigenvalue weighted by Crippen LogP contribution is -2.37. The first-order valence-corrected chi connectivity index (χ1v) is 5.45. The lowest BCUT2D eigenvalue weighted by atomic mass is 10.1. The van der Waals surface area contributed by atoms with Crippen molar-refractivity contribution in [3.05, 3.63) is 43.1 Å². The highest BCUT2D eigenvalue weighted by Gasteiger charge is 2.20. The fourth-order valence-corrected chi connectivity index (χ4v) is 2.06. The maximum absolute atomic E-state index is 12.1. The Labute approximate surface area is 107 Å². The standard InChI is InChI=1S/C11H12N4O4/c1-12-9-7(15(18)19)5-4-6-8(9)10(16)14(3)11(17)13(6)2/h4-5,12H,1-3H3. The summed E-state index contributed by atoms with van der Waals surface area (Å²) in [5, 5.41) is 13.8. The van der Waals surface area contributed by atoms with E-state index in [0.29, 0.717) is 5.52 Å². The Hall–Kier alpha value is -2.64. The van der Waals surface area contributed by atoms with E-state index < -0.39 is 16.2 Å². The Morgan fingerprint density at radius 2 is 1.84 bits per heavy atom. The monoisotopic (exact) mass is 264 g/mol. The summed E-state index contributed by atoms with van der Waals surface area (Å²) < 4.78 is 2.20. The van der Waals surface area contributed by atoms with Crippen molar-refractivity contribution in [3.8, 4) is 0 Å². The normalized spacial score (nSPS) is 10.7. The van der Waals surface area contributed by atoms with Gasteiger partial charge >= 0.3 is 5.69 Å². The highest BCUT2D eigenvalue weighted by atomic mass is 16.6. The first-order valence-electron chi connectivity index (χ1n) is 5.45. The number of hydrogen-bond acceptors (Lipinski definition) is 5. The minimum Gasteiger partial charge on any atom is -0.382 e. The van der Waals surface area contributed by atoms with Crippen molar-refractivity contribution in [1.82, 2.24) is 9.13 Å². The van der Waals surface area contributed by atoms with E-state index in [-0.39, 0.29) is 16.8 Å². The van der Waals surface area contributed by atoms with Crippen LogP contribution >= 0.6 is 0 Å². The van der Waals surface area contributed by atoms with Crippen LogP contribution in [-0.4, -0.2) is 21.1 Å². The zero-order valence-corrected chi connectivity index (χ0v) is 10.6. The Morgan fingerprint density at radius 3 is 2.37 bits per heavy atom. The van der Waals surface area contributed by atoms with E-state index in [2.05, 4.69) is 5.32 Å². The predicted octanol–water partition coefficient (Wildman–Crippen LogP) is 0.187. The summed E-state index contributed by atoms with van der Waals surface area (Å²) in [6.07, 6.45) is 0. The maximum atomic E-state index is 12.1. The Balaban J connectivity index is 3.14. The molecule has 0 saturated heterocycles. The van der Waals surface area contributed by atoms with Crippen molar-refractivity contribution in [3.63, 3.8) is 0 Å². The average molecular weight is 264 g/mol. The predicted molar refractivity (Wildman–Crippen MR) is 70.6 cm³/mol. The molecule has 0 radical (unpaired) electrons. The number of nitro groups is 1. The van der Waals surface area contributed by atoms with Crippen molar-refractivity contribution in [2.45, 2.75) is 0 Å². The van der Waals surface area contributed by atoms with Gasteiger partial charge in [-0.15, -0.1) is 0 Å². The summed E-state index contributed by atoms with van der Waals surface area (Å²) in [6.45, 7) is 0. The number of nitrogens with zero attached hydrogens (tertiary/aromatic N) is 3. The molecule has 0 fully saturated rings. The summed E-state index contributed by atoms with van der Waals surface area (Å²) >= 11 is 0. The molecule has 0 aliphatic heterocycles. The van der Waals surface area contributed by atoms with E-state index in [1.807, 2.05) is 0 Å². The molecule has 0 aliphatic rings. The maximum Gasteiger partial charge on any atom is 0.330 e. The quantitative estimate of drug-likeness (QED) is 0.616. The highest BCUT2D eigenvalue weighted by Crippen LogP contribution is 2.29. The van der Waals surface area contributed by atoms with Crippen LogP contribution < -0.4 is 16.6 Å². The number of benzene rings is 1. The van der Waals surface area contributed by atoms with Crippen LogP contribution in [0, 0.1) is 10.1 Å². The number of anilines is 1. The molecule has 0 aliphatic carbocycles. The topological polar surface area (TPSA) is 99.2 Å². The minimum absolute atomic E-state index is 0.110. The van der Waals surface area contributed by atoms with Crippen molar-refractivity contribution >= 4 is 22.3 Å². The van der Waals surface area contributed by atoms with Crippen LogP contribution in [-0.2, 0) is 14.1 Å². The van der Waals surface area contributed by atoms with Gasteiger partial charge in [-0.3, -0.25) is 24.0 Å². The van der Waals surface area contributed by atoms with Crippen molar-refractivity contribution in [1.29, 1.82) is 0 Å². The van der Waals surface area contributed by atoms with Crippen LogP contribution in [0.4, 0.5) is 11.4 Å². The third-order valence-corrected chi connectivity index (χ3v) is 3.06. The summed E-state index contributed by atoms with van der Waals surface area (Å²) in [5.74, 6) is 0. The summed E-state index contributed by atoms with van der Waals surface area (Å²) in [4.78, 5) is 34.3. The first kappa shape index (κ1) is 12.8. The second-order valence-electron chi connectivity index (χ2n) is 4.07. The SMILES string of the molecule is CNc1c([N+](=O)[O-])ccc2c1c(=O)n(C)c(=O)n2C. The Bertz CT molecular complexity index is 803. The van der Waals surface area contributed by atoms with Crippen LogP contribution in [0.25, 0.3) is 10.9 Å². The van der Waals surface area contributed by atoms with Crippen LogP contribution in [0.5, 0.6) is 0 Å². The fourth-order valence-electron chi connectivity index (χ4n) is 2.06. The molecule has 19 heavy (non-hydrogen) atoms. The molecule has 1 heterocycles. The van der Waals surface area contributed by atoms with Crippen LogP contribution in [0.2, 0.25) is 0 Å². The van der Waals surface area contributed by atoms with Gasteiger partial charge in [-0.05, 0) is 6.07 Å². The van der Waals surface area contributed by atoms with Gasteiger partial charge in [-0.2, -0.15) is 0 Å². The molecule has 2 rings (SSSR count). The van der Waals surface area contributed by atoms with Crippen molar-refractivity contribution in [2.24, 2.45) is 14.1 Å². The third-order valence-electron chi connectivity index (χ3n) is 3.06. The van der Waals surface area contributed by atoms with Gasteiger partial charge in [0.2, 0.25) is 0 Å². The fraction of sp³-hybridized carbons (Fsp3) is 0.273. The molecule has 0 unspecified atom stereocenters. The van der Waals surface area contributed by atoms with Gasteiger partial charge in [-0.1, -0.05) is 0 Å². The van der Waals surface area contributed by atoms with Crippen LogP contribution in [0.1, 0.15) is 0 Å². The second kappa shape index (κ2) is 4.23. The molecular weight excluding hydrogens is 252 g/mol. The summed E-state index contributed by atoms with van der Waals surface area (Å²) in [7, 11) is 4.34. The van der Waals surface area contributed by atoms with E-state index >= 15 is 0 Å². The number of aryl methyl sites for hydroxylation is 1. The average Bonchev–Trinajstić information content (AvgIpc) is 2.40. The van der Waals surface area contributed by atoms with Crippen molar-refractivity contribution < 1.29 is 4.92 Å². The molecule has 0 atom stereocenters. The van der Waals surface area contributed by atoms with E-state index in [4.69, 9.17) is 0 Å². The number of nitrogens with one attached hydrogen (secondary N) is 1. The summed E-state index contributed by atoms with van der Waals surface area (Å²) in [5.41, 5.74) is -0.785. The third kappa shape index (κ3) is 1.68. The lowest BCUT2D eigenvalue weighted by Gasteiger charge is -2.10. The van der Waals surface area contributed by atoms with Gasteiger partial charge < -0.3 is 5.32 Å². The second-order valence-corrected chi connectivity index (χ2v) is 4.07. The van der Waals surface area contributed by atoms with E-state index in [0.717, 1.165) is 4.57 Å². The lowest BCUT2D eigenvalue weighted by molar-refractivity contribution is -0.383. The molecule has 0 bridgehead atoms. The number of nitro benzene ring substituents is 1. The zero-order chi connectivity index (χ0) is 14.3. The number of aromatic nitrogens is 2. The first-order chi connectivity index (χ1) is 8.90. The molecule has 0 amide bonds. The van der Waals surface area contributed by atoms with Gasteiger partial charge in [0.25, 0.3) is 11.2 Å². The van der Waals surface area contributed by atoms with Gasteiger partial charge in [0.15, 0.2) is 0 Å². The van der Waals surface area contributed by atoms with Gasteiger partial charge in [0.05, 0.1) is 15.8 Å². The van der Waals surface area contributed by atoms with E-state index in [1.54, 1.807) is 0 Å². The van der Waals surface area contributed by atoms with Crippen LogP contribution in [0.3, 0.4) is 0 Å². The Morgan fingerprint density at radius 1 is 1.21 bits per heavy atom. The van der Waals surface area contributed by atoms with Crippen LogP contribution in [0.15, 0.2) is 21.7 Å².